The van der Waals surface area contributed by atoms with Crippen molar-refractivity contribution >= 4 is 17.2 Å². The third-order valence-electron chi connectivity index (χ3n) is 4.03. The molecule has 0 bridgehead atoms. The fourth-order valence-electron chi connectivity index (χ4n) is 2.58. The van der Waals surface area contributed by atoms with Gasteiger partial charge in [0, 0.05) is 13.1 Å². The molecule has 1 aliphatic heterocycles. The first-order chi connectivity index (χ1) is 10.1. The third-order valence-corrected chi connectivity index (χ3v) is 4.25. The summed E-state index contributed by atoms with van der Waals surface area (Å²) in [5.41, 5.74) is 6.47. The Morgan fingerprint density at radius 3 is 2.95 bits per heavy atom. The number of β-amino-alcohol motifs (C(OH)–C–C–N with tert-alkyl or cyclic N) is 1. The van der Waals surface area contributed by atoms with Crippen molar-refractivity contribution in [3.63, 3.8) is 0 Å². The molecule has 2 rings (SSSR count). The van der Waals surface area contributed by atoms with Crippen molar-refractivity contribution in [3.05, 3.63) is 29.8 Å². The SMILES string of the molecule is CC1CCN(CCCOc2ccccc2C(N)=S)CC1O. The minimum absolute atomic E-state index is 0.199. The van der Waals surface area contributed by atoms with Crippen LogP contribution in [0.15, 0.2) is 24.3 Å². The fraction of sp³-hybridized carbons (Fsp3) is 0.562. The first-order valence-electron chi connectivity index (χ1n) is 7.50. The van der Waals surface area contributed by atoms with E-state index >= 15 is 0 Å². The number of hydrogen-bond donors (Lipinski definition) is 2. The summed E-state index contributed by atoms with van der Waals surface area (Å²) in [7, 11) is 0. The number of benzene rings is 1. The molecule has 1 saturated heterocycles. The van der Waals surface area contributed by atoms with Crippen molar-refractivity contribution in [1.29, 1.82) is 0 Å². The van der Waals surface area contributed by atoms with Crippen LogP contribution in [0.2, 0.25) is 0 Å². The van der Waals surface area contributed by atoms with Gasteiger partial charge < -0.3 is 20.5 Å². The highest BCUT2D eigenvalue weighted by molar-refractivity contribution is 7.80. The lowest BCUT2D eigenvalue weighted by atomic mass is 9.96. The summed E-state index contributed by atoms with van der Waals surface area (Å²) < 4.78 is 5.78. The molecule has 0 radical (unpaired) electrons. The van der Waals surface area contributed by atoms with Crippen LogP contribution in [-0.4, -0.2) is 47.3 Å². The zero-order valence-corrected chi connectivity index (χ0v) is 13.3. The number of aliphatic hydroxyl groups excluding tert-OH is 1. The largest absolute Gasteiger partial charge is 0.493 e. The first kappa shape index (κ1) is 16.2. The van der Waals surface area contributed by atoms with Crippen LogP contribution in [0.3, 0.4) is 0 Å². The average molecular weight is 308 g/mol. The normalized spacial score (nSPS) is 23.0. The Hall–Kier alpha value is -1.17. The summed E-state index contributed by atoms with van der Waals surface area (Å²) in [5.74, 6) is 1.16. The van der Waals surface area contributed by atoms with E-state index in [4.69, 9.17) is 22.7 Å². The van der Waals surface area contributed by atoms with Gasteiger partial charge in [0.25, 0.3) is 0 Å². The van der Waals surface area contributed by atoms with Gasteiger partial charge in [0.05, 0.1) is 18.3 Å². The molecule has 5 heteroatoms. The van der Waals surface area contributed by atoms with E-state index in [1.54, 1.807) is 0 Å². The van der Waals surface area contributed by atoms with Crippen molar-refractivity contribution in [1.82, 2.24) is 4.90 Å². The van der Waals surface area contributed by atoms with Crippen LogP contribution in [-0.2, 0) is 0 Å². The van der Waals surface area contributed by atoms with Crippen LogP contribution < -0.4 is 10.5 Å². The van der Waals surface area contributed by atoms with Crippen molar-refractivity contribution in [3.8, 4) is 5.75 Å². The van der Waals surface area contributed by atoms with Crippen molar-refractivity contribution < 1.29 is 9.84 Å². The summed E-state index contributed by atoms with van der Waals surface area (Å²) in [5, 5.41) is 9.88. The van der Waals surface area contributed by atoms with Gasteiger partial charge >= 0.3 is 0 Å². The lowest BCUT2D eigenvalue weighted by molar-refractivity contribution is 0.0275. The first-order valence-corrected chi connectivity index (χ1v) is 7.91. The number of hydrogen-bond acceptors (Lipinski definition) is 4. The zero-order valence-electron chi connectivity index (χ0n) is 12.5. The predicted octanol–water partition coefficient (Wildman–Crippen LogP) is 1.79. The zero-order chi connectivity index (χ0) is 15.2. The second-order valence-corrected chi connectivity index (χ2v) is 6.14. The number of ether oxygens (including phenoxy) is 1. The van der Waals surface area contributed by atoms with Gasteiger partial charge in [-0.25, -0.2) is 0 Å². The van der Waals surface area contributed by atoms with Crippen LogP contribution in [0.25, 0.3) is 0 Å². The van der Waals surface area contributed by atoms with Crippen LogP contribution in [0.5, 0.6) is 5.75 Å². The molecule has 21 heavy (non-hydrogen) atoms. The molecule has 0 saturated carbocycles. The Bertz CT molecular complexity index is 481. The smallest absolute Gasteiger partial charge is 0.129 e. The van der Waals surface area contributed by atoms with E-state index < -0.39 is 0 Å². The minimum atomic E-state index is -0.199. The molecule has 1 aromatic rings. The van der Waals surface area contributed by atoms with Crippen LogP contribution in [0.1, 0.15) is 25.3 Å². The molecule has 2 atom stereocenters. The van der Waals surface area contributed by atoms with E-state index in [1.165, 1.54) is 0 Å². The minimum Gasteiger partial charge on any atom is -0.493 e. The highest BCUT2D eigenvalue weighted by atomic mass is 32.1. The lowest BCUT2D eigenvalue weighted by Crippen LogP contribution is -2.43. The summed E-state index contributed by atoms with van der Waals surface area (Å²) in [6.45, 7) is 5.50. The average Bonchev–Trinajstić information content (AvgIpc) is 2.47. The molecule has 3 N–H and O–H groups in total. The van der Waals surface area contributed by atoms with Gasteiger partial charge in [0.15, 0.2) is 0 Å². The fourth-order valence-corrected chi connectivity index (χ4v) is 2.75. The number of aliphatic hydroxyl groups is 1. The van der Waals surface area contributed by atoms with Crippen LogP contribution in [0, 0.1) is 5.92 Å². The van der Waals surface area contributed by atoms with Crippen LogP contribution in [0.4, 0.5) is 0 Å². The second kappa shape index (κ2) is 7.73. The number of nitrogens with two attached hydrogens (primary N) is 1. The molecule has 1 fully saturated rings. The van der Waals surface area contributed by atoms with Crippen molar-refractivity contribution in [2.24, 2.45) is 11.7 Å². The highest BCUT2D eigenvalue weighted by Gasteiger charge is 2.23. The molecule has 0 aliphatic carbocycles. The van der Waals surface area contributed by atoms with Crippen LogP contribution >= 0.6 is 12.2 Å². The Morgan fingerprint density at radius 2 is 2.24 bits per heavy atom. The van der Waals surface area contributed by atoms with E-state index in [0.29, 0.717) is 17.5 Å². The maximum absolute atomic E-state index is 9.88. The monoisotopic (exact) mass is 308 g/mol. The second-order valence-electron chi connectivity index (χ2n) is 5.70. The molecular formula is C16H24N2O2S. The van der Waals surface area contributed by atoms with Gasteiger partial charge in [-0.05, 0) is 37.4 Å². The van der Waals surface area contributed by atoms with E-state index in [-0.39, 0.29) is 6.10 Å². The number of likely N-dealkylation sites (tertiary alicyclic amines) is 1. The molecule has 0 amide bonds. The van der Waals surface area contributed by atoms with E-state index in [2.05, 4.69) is 11.8 Å². The summed E-state index contributed by atoms with van der Waals surface area (Å²) in [6.07, 6.45) is 1.79. The third kappa shape index (κ3) is 4.66. The quantitative estimate of drug-likeness (QED) is 0.620. The Balaban J connectivity index is 1.74. The molecule has 1 aliphatic rings. The molecule has 116 valence electrons. The van der Waals surface area contributed by atoms with Crippen molar-refractivity contribution in [2.75, 3.05) is 26.2 Å². The summed E-state index contributed by atoms with van der Waals surface area (Å²) in [6, 6.07) is 7.58. The molecular weight excluding hydrogens is 284 g/mol. The molecule has 0 spiro atoms. The molecule has 0 aromatic heterocycles. The standard InChI is InChI=1S/C16H24N2O2S/c1-12-7-9-18(11-14(12)19)8-4-10-20-15-6-3-2-5-13(15)16(17)21/h2-3,5-6,12,14,19H,4,7-11H2,1H3,(H2,17,21). The Labute approximate surface area is 131 Å². The molecule has 2 unspecified atom stereocenters. The number of para-hydroxylation sites is 1. The van der Waals surface area contributed by atoms with E-state index in [0.717, 1.165) is 43.8 Å². The molecule has 1 aromatic carbocycles. The number of piperidine rings is 1. The number of nitrogens with zero attached hydrogens (tertiary/aromatic N) is 1. The number of rotatable bonds is 6. The van der Waals surface area contributed by atoms with Gasteiger partial charge in [0.2, 0.25) is 0 Å². The molecule has 1 heterocycles. The topological polar surface area (TPSA) is 58.7 Å². The summed E-state index contributed by atoms with van der Waals surface area (Å²) in [4.78, 5) is 2.66. The van der Waals surface area contributed by atoms with E-state index in [1.807, 2.05) is 24.3 Å². The predicted molar refractivity (Wildman–Crippen MR) is 88.7 cm³/mol. The van der Waals surface area contributed by atoms with Gasteiger partial charge in [-0.3, -0.25) is 0 Å². The van der Waals surface area contributed by atoms with Gasteiger partial charge in [0.1, 0.15) is 10.7 Å². The van der Waals surface area contributed by atoms with E-state index in [9.17, 15) is 5.11 Å². The summed E-state index contributed by atoms with van der Waals surface area (Å²) >= 11 is 5.02. The van der Waals surface area contributed by atoms with Crippen molar-refractivity contribution in [2.45, 2.75) is 25.9 Å². The Morgan fingerprint density at radius 1 is 1.48 bits per heavy atom. The van der Waals surface area contributed by atoms with Gasteiger partial charge in [-0.1, -0.05) is 31.3 Å². The van der Waals surface area contributed by atoms with Gasteiger partial charge in [-0.2, -0.15) is 0 Å². The number of thiocarbonyl (C=S) groups is 1. The maximum atomic E-state index is 9.88. The molecule has 4 nitrogen and oxygen atoms in total. The van der Waals surface area contributed by atoms with Gasteiger partial charge in [-0.15, -0.1) is 0 Å². The lowest BCUT2D eigenvalue weighted by Gasteiger charge is -2.34. The highest BCUT2D eigenvalue weighted by Crippen LogP contribution is 2.19. The maximum Gasteiger partial charge on any atom is 0.129 e. The Kier molecular flexibility index (Phi) is 5.96.